The van der Waals surface area contributed by atoms with Crippen LogP contribution in [-0.2, 0) is 6.54 Å². The van der Waals surface area contributed by atoms with Gasteiger partial charge in [0.1, 0.15) is 0 Å². The molecule has 0 aliphatic carbocycles. The Morgan fingerprint density at radius 3 is 2.55 bits per heavy atom. The van der Waals surface area contributed by atoms with Crippen LogP contribution in [0.3, 0.4) is 0 Å². The summed E-state index contributed by atoms with van der Waals surface area (Å²) in [5, 5.41) is 12.3. The molecule has 1 N–H and O–H groups in total. The molecule has 1 unspecified atom stereocenters. The average Bonchev–Trinajstić information content (AvgIpc) is 2.53. The van der Waals surface area contributed by atoms with Crippen LogP contribution >= 0.6 is 0 Å². The van der Waals surface area contributed by atoms with E-state index < -0.39 is 0 Å². The predicted molar refractivity (Wildman–Crippen MR) is 83.6 cm³/mol. The van der Waals surface area contributed by atoms with Gasteiger partial charge in [0.15, 0.2) is 0 Å². The smallest absolute Gasteiger partial charge is 0.0991 e. The first-order chi connectivity index (χ1) is 9.72. The molecule has 2 heteroatoms. The molecule has 2 rings (SSSR count). The monoisotopic (exact) mass is 264 g/mol. The van der Waals surface area contributed by atoms with E-state index in [0.29, 0.717) is 11.5 Å². The third-order valence-corrected chi connectivity index (χ3v) is 3.64. The number of rotatable bonds is 5. The van der Waals surface area contributed by atoms with Gasteiger partial charge in [-0.1, -0.05) is 38.1 Å². The van der Waals surface area contributed by atoms with Crippen molar-refractivity contribution in [1.82, 2.24) is 0 Å². The Kier molecular flexibility index (Phi) is 4.79. The van der Waals surface area contributed by atoms with Crippen LogP contribution in [0.2, 0.25) is 0 Å². The van der Waals surface area contributed by atoms with Crippen molar-refractivity contribution in [3.8, 4) is 6.07 Å². The van der Waals surface area contributed by atoms with E-state index in [0.717, 1.165) is 24.2 Å². The fraction of sp³-hybridized carbons (Fsp3) is 0.278. The minimum absolute atomic E-state index is 0.608. The van der Waals surface area contributed by atoms with Crippen molar-refractivity contribution in [1.29, 1.82) is 5.26 Å². The van der Waals surface area contributed by atoms with Gasteiger partial charge in [0, 0.05) is 12.2 Å². The third kappa shape index (κ3) is 3.61. The lowest BCUT2D eigenvalue weighted by molar-refractivity contribution is 0.734. The highest BCUT2D eigenvalue weighted by Crippen LogP contribution is 2.20. The van der Waals surface area contributed by atoms with Crippen LogP contribution in [0.1, 0.15) is 42.9 Å². The van der Waals surface area contributed by atoms with Crippen molar-refractivity contribution in [2.24, 2.45) is 0 Å². The molecule has 0 saturated heterocycles. The van der Waals surface area contributed by atoms with Gasteiger partial charge in [0.25, 0.3) is 0 Å². The maximum Gasteiger partial charge on any atom is 0.0991 e. The molecular weight excluding hydrogens is 244 g/mol. The fourth-order valence-electron chi connectivity index (χ4n) is 2.12. The summed E-state index contributed by atoms with van der Waals surface area (Å²) in [6, 6.07) is 18.5. The van der Waals surface area contributed by atoms with Crippen LogP contribution in [0.4, 0.5) is 5.69 Å². The summed E-state index contributed by atoms with van der Waals surface area (Å²) in [7, 11) is 0. The molecule has 0 aromatic heterocycles. The molecule has 1 atom stereocenters. The molecule has 2 aromatic rings. The van der Waals surface area contributed by atoms with Gasteiger partial charge in [-0.25, -0.2) is 0 Å². The second-order valence-corrected chi connectivity index (χ2v) is 5.10. The Morgan fingerprint density at radius 1 is 1.15 bits per heavy atom. The lowest BCUT2D eigenvalue weighted by atomic mass is 9.98. The Balaban J connectivity index is 1.98. The lowest BCUT2D eigenvalue weighted by Crippen LogP contribution is -2.00. The molecule has 0 saturated carbocycles. The summed E-state index contributed by atoms with van der Waals surface area (Å²) in [6.07, 6.45) is 1.16. The number of nitriles is 1. The van der Waals surface area contributed by atoms with Gasteiger partial charge < -0.3 is 5.32 Å². The van der Waals surface area contributed by atoms with Crippen LogP contribution in [0, 0.1) is 11.3 Å². The van der Waals surface area contributed by atoms with Gasteiger partial charge in [0.2, 0.25) is 0 Å². The normalized spacial score (nSPS) is 11.7. The van der Waals surface area contributed by atoms with Gasteiger partial charge in [-0.2, -0.15) is 5.26 Å². The van der Waals surface area contributed by atoms with Crippen molar-refractivity contribution in [2.75, 3.05) is 5.32 Å². The van der Waals surface area contributed by atoms with Crippen molar-refractivity contribution in [3.05, 3.63) is 65.2 Å². The third-order valence-electron chi connectivity index (χ3n) is 3.64. The summed E-state index contributed by atoms with van der Waals surface area (Å²) >= 11 is 0. The number of benzene rings is 2. The van der Waals surface area contributed by atoms with Crippen LogP contribution in [0.15, 0.2) is 48.5 Å². The van der Waals surface area contributed by atoms with Crippen LogP contribution in [-0.4, -0.2) is 0 Å². The second-order valence-electron chi connectivity index (χ2n) is 5.10. The SMILES string of the molecule is CCC(C)c1ccc(NCc2cccc(C#N)c2)cc1. The van der Waals surface area contributed by atoms with Crippen molar-refractivity contribution >= 4 is 5.69 Å². The Bertz CT molecular complexity index is 594. The van der Waals surface area contributed by atoms with E-state index in [1.165, 1.54) is 5.56 Å². The Morgan fingerprint density at radius 2 is 1.90 bits per heavy atom. The topological polar surface area (TPSA) is 35.8 Å². The maximum atomic E-state index is 8.88. The first-order valence-corrected chi connectivity index (χ1v) is 7.05. The first-order valence-electron chi connectivity index (χ1n) is 7.05. The average molecular weight is 264 g/mol. The maximum absolute atomic E-state index is 8.88. The molecule has 0 bridgehead atoms. The summed E-state index contributed by atoms with van der Waals surface area (Å²) in [5.41, 5.74) is 4.32. The molecule has 0 aliphatic rings. The molecule has 0 amide bonds. The Hall–Kier alpha value is -2.27. The van der Waals surface area contributed by atoms with Crippen molar-refractivity contribution in [2.45, 2.75) is 32.7 Å². The highest BCUT2D eigenvalue weighted by atomic mass is 14.9. The largest absolute Gasteiger partial charge is 0.381 e. The lowest BCUT2D eigenvalue weighted by Gasteiger charge is -2.11. The fourth-order valence-corrected chi connectivity index (χ4v) is 2.12. The van der Waals surface area contributed by atoms with E-state index in [4.69, 9.17) is 5.26 Å². The number of nitrogens with zero attached hydrogens (tertiary/aromatic N) is 1. The van der Waals surface area contributed by atoms with Gasteiger partial charge in [-0.3, -0.25) is 0 Å². The molecule has 0 aliphatic heterocycles. The predicted octanol–water partition coefficient (Wildman–Crippen LogP) is 4.68. The van der Waals surface area contributed by atoms with Gasteiger partial charge in [-0.15, -0.1) is 0 Å². The summed E-state index contributed by atoms with van der Waals surface area (Å²) in [6.45, 7) is 5.19. The second kappa shape index (κ2) is 6.77. The molecule has 0 fully saturated rings. The molecule has 20 heavy (non-hydrogen) atoms. The highest BCUT2D eigenvalue weighted by Gasteiger charge is 2.02. The van der Waals surface area contributed by atoms with E-state index in [1.807, 2.05) is 24.3 Å². The zero-order valence-corrected chi connectivity index (χ0v) is 12.1. The van der Waals surface area contributed by atoms with E-state index in [2.05, 4.69) is 49.5 Å². The standard InChI is InChI=1S/C18H20N2/c1-3-14(2)17-7-9-18(10-8-17)20-13-16-6-4-5-15(11-16)12-19/h4-11,14,20H,3,13H2,1-2H3. The minimum Gasteiger partial charge on any atom is -0.381 e. The van der Waals surface area contributed by atoms with Crippen LogP contribution < -0.4 is 5.32 Å². The number of anilines is 1. The van der Waals surface area contributed by atoms with Gasteiger partial charge in [-0.05, 0) is 47.7 Å². The van der Waals surface area contributed by atoms with E-state index in [9.17, 15) is 0 Å². The molecule has 2 aromatic carbocycles. The summed E-state index contributed by atoms with van der Waals surface area (Å²) in [5.74, 6) is 0.608. The number of nitrogens with one attached hydrogen (secondary N) is 1. The van der Waals surface area contributed by atoms with E-state index in [1.54, 1.807) is 0 Å². The van der Waals surface area contributed by atoms with Crippen molar-refractivity contribution < 1.29 is 0 Å². The quantitative estimate of drug-likeness (QED) is 0.850. The van der Waals surface area contributed by atoms with Crippen molar-refractivity contribution in [3.63, 3.8) is 0 Å². The van der Waals surface area contributed by atoms with E-state index >= 15 is 0 Å². The first kappa shape index (κ1) is 14.1. The Labute approximate surface area is 121 Å². The van der Waals surface area contributed by atoms with Gasteiger partial charge >= 0.3 is 0 Å². The zero-order chi connectivity index (χ0) is 14.4. The molecule has 0 spiro atoms. The summed E-state index contributed by atoms with van der Waals surface area (Å²) in [4.78, 5) is 0. The van der Waals surface area contributed by atoms with Crippen LogP contribution in [0.5, 0.6) is 0 Å². The molecule has 0 radical (unpaired) electrons. The molecule has 0 heterocycles. The summed E-state index contributed by atoms with van der Waals surface area (Å²) < 4.78 is 0. The van der Waals surface area contributed by atoms with Gasteiger partial charge in [0.05, 0.1) is 11.6 Å². The molecular formula is C18H20N2. The minimum atomic E-state index is 0.608. The zero-order valence-electron chi connectivity index (χ0n) is 12.1. The van der Waals surface area contributed by atoms with E-state index in [-0.39, 0.29) is 0 Å². The molecule has 2 nitrogen and oxygen atoms in total. The number of hydrogen-bond donors (Lipinski definition) is 1. The molecule has 102 valence electrons. The number of hydrogen-bond acceptors (Lipinski definition) is 2. The highest BCUT2D eigenvalue weighted by molar-refractivity contribution is 5.46. The van der Waals surface area contributed by atoms with Crippen LogP contribution in [0.25, 0.3) is 0 Å².